The Kier molecular flexibility index (Phi) is 5.45. The van der Waals surface area contributed by atoms with Crippen molar-refractivity contribution in [3.63, 3.8) is 0 Å². The minimum atomic E-state index is -3.81. The number of halogens is 1. The first kappa shape index (κ1) is 17.2. The monoisotopic (exact) mass is 346 g/mol. The highest BCUT2D eigenvalue weighted by molar-refractivity contribution is 7.89. The van der Waals surface area contributed by atoms with Crippen molar-refractivity contribution in [3.8, 4) is 6.07 Å². The second-order valence-electron chi connectivity index (χ2n) is 5.24. The van der Waals surface area contributed by atoms with Crippen LogP contribution in [0.5, 0.6) is 0 Å². The maximum Gasteiger partial charge on any atom is 0.248 e. The molecule has 9 heteroatoms. The smallest absolute Gasteiger partial charge is 0.248 e. The molecular weight excluding hydrogens is 328 g/mol. The number of aromatic nitrogens is 2. The van der Waals surface area contributed by atoms with Crippen LogP contribution < -0.4 is 0 Å². The van der Waals surface area contributed by atoms with Crippen LogP contribution in [0.1, 0.15) is 25.0 Å². The van der Waals surface area contributed by atoms with Crippen molar-refractivity contribution >= 4 is 21.6 Å². The van der Waals surface area contributed by atoms with Gasteiger partial charge in [-0.3, -0.25) is 4.68 Å². The van der Waals surface area contributed by atoms with Crippen LogP contribution in [0.15, 0.2) is 4.90 Å². The number of aryl methyl sites for hydroxylation is 2. The van der Waals surface area contributed by atoms with E-state index in [1.54, 1.807) is 14.0 Å². The first-order valence-corrected chi connectivity index (χ1v) is 8.87. The van der Waals surface area contributed by atoms with E-state index in [9.17, 15) is 8.42 Å². The number of rotatable bonds is 6. The van der Waals surface area contributed by atoms with E-state index in [0.29, 0.717) is 12.3 Å². The molecule has 1 atom stereocenters. The lowest BCUT2D eigenvalue weighted by atomic mass is 10.2. The Hall–Kier alpha value is -1.14. The molecule has 1 aromatic heterocycles. The Balaban J connectivity index is 2.33. The quantitative estimate of drug-likeness (QED) is 0.778. The van der Waals surface area contributed by atoms with Gasteiger partial charge in [0.15, 0.2) is 0 Å². The maximum absolute atomic E-state index is 12.9. The predicted octanol–water partition coefficient (Wildman–Crippen LogP) is 1.47. The standard InChI is InChI=1S/C13H19ClN4O3S/c1-10-12(13(14)17(2)16-10)22(19,20)18(7-4-6-15)9-11-5-3-8-21-11/h11H,3-5,7-9H2,1-2H3. The Bertz CT molecular complexity index is 674. The van der Waals surface area contributed by atoms with Crippen molar-refractivity contribution in [1.29, 1.82) is 5.26 Å². The van der Waals surface area contributed by atoms with Gasteiger partial charge < -0.3 is 4.74 Å². The molecule has 1 unspecified atom stereocenters. The SMILES string of the molecule is Cc1nn(C)c(Cl)c1S(=O)(=O)N(CCC#N)CC1CCCO1. The Morgan fingerprint density at radius 3 is 2.82 bits per heavy atom. The highest BCUT2D eigenvalue weighted by Crippen LogP contribution is 2.28. The van der Waals surface area contributed by atoms with Crippen molar-refractivity contribution in [2.45, 2.75) is 37.2 Å². The molecule has 2 rings (SSSR count). The van der Waals surface area contributed by atoms with Gasteiger partial charge in [0, 0.05) is 33.2 Å². The number of hydrogen-bond donors (Lipinski definition) is 0. The topological polar surface area (TPSA) is 88.2 Å². The van der Waals surface area contributed by atoms with Gasteiger partial charge in [-0.2, -0.15) is 14.7 Å². The highest BCUT2D eigenvalue weighted by Gasteiger charge is 2.33. The lowest BCUT2D eigenvalue weighted by Gasteiger charge is -2.23. The number of nitriles is 1. The van der Waals surface area contributed by atoms with E-state index in [1.807, 2.05) is 6.07 Å². The van der Waals surface area contributed by atoms with Crippen molar-refractivity contribution in [2.75, 3.05) is 19.7 Å². The summed E-state index contributed by atoms with van der Waals surface area (Å²) in [6, 6.07) is 1.98. The zero-order chi connectivity index (χ0) is 16.3. The average molecular weight is 347 g/mol. The molecule has 0 amide bonds. The lowest BCUT2D eigenvalue weighted by Crippen LogP contribution is -2.38. The number of sulfonamides is 1. The third kappa shape index (κ3) is 3.43. The minimum absolute atomic E-state index is 0.00704. The van der Waals surface area contributed by atoms with E-state index in [1.165, 1.54) is 8.99 Å². The first-order valence-electron chi connectivity index (χ1n) is 7.05. The second kappa shape index (κ2) is 6.96. The number of hydrogen-bond acceptors (Lipinski definition) is 5. The van der Waals surface area contributed by atoms with Crippen LogP contribution in [0.4, 0.5) is 0 Å². The van der Waals surface area contributed by atoms with E-state index in [0.717, 1.165) is 12.8 Å². The van der Waals surface area contributed by atoms with E-state index in [2.05, 4.69) is 5.10 Å². The summed E-state index contributed by atoms with van der Waals surface area (Å²) in [6.07, 6.45) is 1.72. The summed E-state index contributed by atoms with van der Waals surface area (Å²) in [5.41, 5.74) is 0.349. The molecule has 0 bridgehead atoms. The molecule has 1 aromatic rings. The van der Waals surface area contributed by atoms with Crippen LogP contribution in [-0.2, 0) is 21.8 Å². The fourth-order valence-electron chi connectivity index (χ4n) is 2.53. The van der Waals surface area contributed by atoms with Gasteiger partial charge in [-0.1, -0.05) is 11.6 Å². The predicted molar refractivity (Wildman–Crippen MR) is 80.9 cm³/mol. The molecule has 2 heterocycles. The van der Waals surface area contributed by atoms with Crippen molar-refractivity contribution in [1.82, 2.24) is 14.1 Å². The molecule has 1 fully saturated rings. The third-order valence-electron chi connectivity index (χ3n) is 3.60. The third-order valence-corrected chi connectivity index (χ3v) is 6.16. The molecular formula is C13H19ClN4O3S. The minimum Gasteiger partial charge on any atom is -0.377 e. The summed E-state index contributed by atoms with van der Waals surface area (Å²) >= 11 is 6.09. The first-order chi connectivity index (χ1) is 10.4. The number of nitrogens with zero attached hydrogens (tertiary/aromatic N) is 4. The van der Waals surface area contributed by atoms with Gasteiger partial charge >= 0.3 is 0 Å². The summed E-state index contributed by atoms with van der Waals surface area (Å²) in [6.45, 7) is 2.59. The molecule has 0 radical (unpaired) electrons. The molecule has 1 aliphatic rings. The molecule has 1 saturated heterocycles. The van der Waals surface area contributed by atoms with Gasteiger partial charge in [-0.15, -0.1) is 0 Å². The zero-order valence-corrected chi connectivity index (χ0v) is 14.2. The molecule has 0 aliphatic carbocycles. The maximum atomic E-state index is 12.9. The van der Waals surface area contributed by atoms with E-state index < -0.39 is 10.0 Å². The zero-order valence-electron chi connectivity index (χ0n) is 12.6. The van der Waals surface area contributed by atoms with E-state index in [4.69, 9.17) is 21.6 Å². The summed E-state index contributed by atoms with van der Waals surface area (Å²) < 4.78 is 33.9. The molecule has 7 nitrogen and oxygen atoms in total. The molecule has 22 heavy (non-hydrogen) atoms. The molecule has 0 aromatic carbocycles. The second-order valence-corrected chi connectivity index (χ2v) is 7.47. The highest BCUT2D eigenvalue weighted by atomic mass is 35.5. The van der Waals surface area contributed by atoms with Gasteiger partial charge in [0.1, 0.15) is 10.0 Å². The van der Waals surface area contributed by atoms with Crippen molar-refractivity contribution < 1.29 is 13.2 Å². The van der Waals surface area contributed by atoms with Crippen LogP contribution >= 0.6 is 11.6 Å². The van der Waals surface area contributed by atoms with Gasteiger partial charge in [0.25, 0.3) is 0 Å². The van der Waals surface area contributed by atoms with Gasteiger partial charge in [-0.25, -0.2) is 8.42 Å². The molecule has 122 valence electrons. The largest absolute Gasteiger partial charge is 0.377 e. The fourth-order valence-corrected chi connectivity index (χ4v) is 4.71. The van der Waals surface area contributed by atoms with Crippen LogP contribution in [0, 0.1) is 18.3 Å². The summed E-state index contributed by atoms with van der Waals surface area (Å²) in [5.74, 6) is 0. The summed E-state index contributed by atoms with van der Waals surface area (Å²) in [5, 5.41) is 12.9. The molecule has 0 saturated carbocycles. The molecule has 0 N–H and O–H groups in total. The van der Waals surface area contributed by atoms with Gasteiger partial charge in [-0.05, 0) is 19.8 Å². The van der Waals surface area contributed by atoms with Crippen LogP contribution in [0.2, 0.25) is 5.15 Å². The normalized spacial score (nSPS) is 18.8. The van der Waals surface area contributed by atoms with Crippen LogP contribution in [0.3, 0.4) is 0 Å². The van der Waals surface area contributed by atoms with Gasteiger partial charge in [0.2, 0.25) is 10.0 Å². The van der Waals surface area contributed by atoms with Crippen molar-refractivity contribution in [3.05, 3.63) is 10.8 Å². The van der Waals surface area contributed by atoms with E-state index >= 15 is 0 Å². The molecule has 1 aliphatic heterocycles. The average Bonchev–Trinajstić information content (AvgIpc) is 3.03. The summed E-state index contributed by atoms with van der Waals surface area (Å²) in [7, 11) is -2.22. The van der Waals surface area contributed by atoms with E-state index in [-0.39, 0.29) is 35.7 Å². The fraction of sp³-hybridized carbons (Fsp3) is 0.692. The van der Waals surface area contributed by atoms with Crippen LogP contribution in [-0.4, -0.2) is 48.3 Å². The van der Waals surface area contributed by atoms with Gasteiger partial charge in [0.05, 0.1) is 17.9 Å². The molecule has 0 spiro atoms. The lowest BCUT2D eigenvalue weighted by molar-refractivity contribution is 0.0941. The Labute approximate surface area is 135 Å². The Morgan fingerprint density at radius 1 is 1.59 bits per heavy atom. The summed E-state index contributed by atoms with van der Waals surface area (Å²) in [4.78, 5) is 0.00704. The van der Waals surface area contributed by atoms with Crippen LogP contribution in [0.25, 0.3) is 0 Å². The Morgan fingerprint density at radius 2 is 2.32 bits per heavy atom. The van der Waals surface area contributed by atoms with Crippen molar-refractivity contribution in [2.24, 2.45) is 7.05 Å². The number of ether oxygens (including phenoxy) is 1.